The second-order valence-corrected chi connectivity index (χ2v) is 7.87. The molecular weight excluding hydrogens is 349 g/mol. The number of hydrogen-bond donors (Lipinski definition) is 4. The van der Waals surface area contributed by atoms with Crippen molar-refractivity contribution in [3.05, 3.63) is 16.7 Å². The van der Waals surface area contributed by atoms with E-state index >= 15 is 0 Å². The molecule has 2 aromatic heterocycles. The molecule has 11 nitrogen and oxygen atoms in total. The van der Waals surface area contributed by atoms with Crippen LogP contribution in [0.15, 0.2) is 11.1 Å². The summed E-state index contributed by atoms with van der Waals surface area (Å²) in [5.41, 5.74) is 5.34. The lowest BCUT2D eigenvalue weighted by molar-refractivity contribution is -0.0560. The van der Waals surface area contributed by atoms with Gasteiger partial charge in [0.05, 0.1) is 12.9 Å². The number of aromatic nitrogens is 4. The van der Waals surface area contributed by atoms with E-state index in [4.69, 9.17) is 31.3 Å². The average Bonchev–Trinajstić information content (AvgIpc) is 3.09. The van der Waals surface area contributed by atoms with E-state index in [9.17, 15) is 14.8 Å². The third-order valence-corrected chi connectivity index (χ3v) is 5.24. The number of fused-ring (bicyclic) bond motifs is 2. The van der Waals surface area contributed by atoms with Crippen molar-refractivity contribution < 1.29 is 23.8 Å². The molecule has 13 heteroatoms. The van der Waals surface area contributed by atoms with Gasteiger partial charge in [-0.25, -0.2) is 4.98 Å². The maximum atomic E-state index is 11.8. The first-order valence-electron chi connectivity index (χ1n) is 6.58. The highest BCUT2D eigenvalue weighted by atomic mass is 32.5. The van der Waals surface area contributed by atoms with Gasteiger partial charge in [0.15, 0.2) is 17.4 Å². The van der Waals surface area contributed by atoms with Crippen LogP contribution in [0.4, 0.5) is 5.95 Å². The highest BCUT2D eigenvalue weighted by Gasteiger charge is 2.56. The molecule has 2 aromatic rings. The molecule has 5 atom stereocenters. The minimum Gasteiger partial charge on any atom is -0.394 e. The largest absolute Gasteiger partial charge is 0.394 e. The quantitative estimate of drug-likeness (QED) is 0.468. The first-order valence-corrected chi connectivity index (χ1v) is 9.17. The van der Waals surface area contributed by atoms with Crippen molar-refractivity contribution in [1.82, 2.24) is 19.5 Å². The van der Waals surface area contributed by atoms with Gasteiger partial charge in [-0.15, -0.1) is 0 Å². The Morgan fingerprint density at radius 2 is 2.22 bits per heavy atom. The van der Waals surface area contributed by atoms with Gasteiger partial charge in [0.25, 0.3) is 5.56 Å². The van der Waals surface area contributed by atoms with Crippen LogP contribution in [0.2, 0.25) is 0 Å². The smallest absolute Gasteiger partial charge is 0.325 e. The summed E-state index contributed by atoms with van der Waals surface area (Å²) in [4.78, 5) is 32.1. The minimum atomic E-state index is -3.39. The third-order valence-electron chi connectivity index (χ3n) is 3.70. The fraction of sp³-hybridized carbons (Fsp3) is 0.500. The number of aliphatic hydroxyl groups excluding tert-OH is 1. The van der Waals surface area contributed by atoms with E-state index in [1.54, 1.807) is 0 Å². The molecule has 0 bridgehead atoms. The Morgan fingerprint density at radius 1 is 1.48 bits per heavy atom. The highest BCUT2D eigenvalue weighted by molar-refractivity contribution is 8.07. The maximum Gasteiger partial charge on any atom is 0.325 e. The van der Waals surface area contributed by atoms with E-state index in [1.807, 2.05) is 0 Å². The summed E-state index contributed by atoms with van der Waals surface area (Å²) >= 11 is 4.85. The number of anilines is 1. The number of rotatable bonds is 2. The molecule has 4 heterocycles. The van der Waals surface area contributed by atoms with E-state index in [2.05, 4.69) is 15.0 Å². The van der Waals surface area contributed by atoms with Crippen molar-refractivity contribution in [3.8, 4) is 0 Å². The number of hydrogen-bond acceptors (Lipinski definition) is 9. The van der Waals surface area contributed by atoms with E-state index < -0.39 is 36.8 Å². The molecule has 0 radical (unpaired) electrons. The fourth-order valence-corrected chi connectivity index (χ4v) is 4.52. The van der Waals surface area contributed by atoms with Crippen molar-refractivity contribution in [2.75, 3.05) is 12.3 Å². The molecule has 124 valence electrons. The van der Waals surface area contributed by atoms with Crippen LogP contribution >= 0.6 is 6.72 Å². The zero-order valence-corrected chi connectivity index (χ0v) is 13.1. The van der Waals surface area contributed by atoms with E-state index in [0.29, 0.717) is 0 Å². The summed E-state index contributed by atoms with van der Waals surface area (Å²) in [6.07, 6.45) is -1.71. The van der Waals surface area contributed by atoms with Crippen molar-refractivity contribution in [1.29, 1.82) is 0 Å². The number of nitrogens with two attached hydrogens (primary N) is 1. The van der Waals surface area contributed by atoms with E-state index in [1.165, 1.54) is 10.9 Å². The number of aliphatic hydroxyl groups is 1. The van der Waals surface area contributed by atoms with Gasteiger partial charge in [-0.3, -0.25) is 23.4 Å². The van der Waals surface area contributed by atoms with Crippen molar-refractivity contribution in [3.63, 3.8) is 0 Å². The minimum absolute atomic E-state index is 0.0756. The van der Waals surface area contributed by atoms with Gasteiger partial charge in [-0.2, -0.15) is 4.98 Å². The van der Waals surface area contributed by atoms with Gasteiger partial charge in [0, 0.05) is 0 Å². The van der Waals surface area contributed by atoms with E-state index in [0.717, 1.165) is 0 Å². The first kappa shape index (κ1) is 15.1. The monoisotopic (exact) mass is 361 g/mol. The SMILES string of the molecule is Nc1nc2c(ncn2[C@@H]2O[C@H](CO)[C@H]3OP(O)(=S)O[C@H]32)c(=O)[nH]1. The molecule has 23 heavy (non-hydrogen) atoms. The average molecular weight is 361 g/mol. The molecule has 0 aromatic carbocycles. The maximum absolute atomic E-state index is 11.8. The molecule has 0 aliphatic carbocycles. The van der Waals surface area contributed by atoms with Crippen LogP contribution in [0.3, 0.4) is 0 Å². The topological polar surface area (TPSA) is 158 Å². The van der Waals surface area contributed by atoms with E-state index in [-0.39, 0.29) is 23.7 Å². The molecule has 1 unspecified atom stereocenters. The number of nitrogen functional groups attached to an aromatic ring is 1. The van der Waals surface area contributed by atoms with Crippen molar-refractivity contribution in [2.24, 2.45) is 0 Å². The highest BCUT2D eigenvalue weighted by Crippen LogP contribution is 2.58. The van der Waals surface area contributed by atoms with Gasteiger partial charge in [-0.05, 0) is 11.8 Å². The zero-order chi connectivity index (χ0) is 16.4. The summed E-state index contributed by atoms with van der Waals surface area (Å²) in [7, 11) is 0. The lowest BCUT2D eigenvalue weighted by atomic mass is 10.1. The Kier molecular flexibility index (Phi) is 3.32. The number of aromatic amines is 1. The predicted molar refractivity (Wildman–Crippen MR) is 79.8 cm³/mol. The van der Waals surface area contributed by atoms with Crippen molar-refractivity contribution in [2.45, 2.75) is 24.5 Å². The standard InChI is InChI=1S/C10H12N5O6PS/c11-10-13-7-4(8(17)14-10)12-2-15(7)9-6-5(3(1-16)19-9)20-22(18,23)21-6/h2-3,5-6,9,16H,1H2,(H,18,23)(H3,11,13,14,17)/t3-,5-,6-,9-,22?/m1/s1. The molecule has 2 saturated heterocycles. The number of imidazole rings is 1. The van der Waals surface area contributed by atoms with Gasteiger partial charge >= 0.3 is 6.72 Å². The van der Waals surface area contributed by atoms with Crippen LogP contribution in [-0.4, -0.2) is 54.4 Å². The Hall–Kier alpha value is -1.40. The van der Waals surface area contributed by atoms with Crippen LogP contribution in [-0.2, 0) is 25.6 Å². The lowest BCUT2D eigenvalue weighted by Gasteiger charge is -2.19. The summed E-state index contributed by atoms with van der Waals surface area (Å²) in [5, 5.41) is 9.42. The fourth-order valence-electron chi connectivity index (χ4n) is 2.78. The van der Waals surface area contributed by atoms with Crippen molar-refractivity contribution >= 4 is 35.6 Å². The second-order valence-electron chi connectivity index (χ2n) is 5.13. The molecule has 0 amide bonds. The summed E-state index contributed by atoms with van der Waals surface area (Å²) in [5.74, 6) is -0.0756. The van der Waals surface area contributed by atoms with Crippen LogP contribution in [0, 0.1) is 0 Å². The van der Waals surface area contributed by atoms with Gasteiger partial charge < -0.3 is 20.5 Å². The Bertz CT molecular complexity index is 884. The van der Waals surface area contributed by atoms with Gasteiger partial charge in [-0.1, -0.05) is 0 Å². The van der Waals surface area contributed by atoms with Gasteiger partial charge in [0.2, 0.25) is 5.95 Å². The van der Waals surface area contributed by atoms with Crippen LogP contribution in [0.1, 0.15) is 6.23 Å². The number of nitrogens with one attached hydrogen (secondary N) is 1. The van der Waals surface area contributed by atoms with Gasteiger partial charge in [0.1, 0.15) is 18.3 Å². The molecule has 2 aliphatic rings. The predicted octanol–water partition coefficient (Wildman–Crippen LogP) is -1.41. The first-order chi connectivity index (χ1) is 10.9. The van der Waals surface area contributed by atoms with Crippen LogP contribution in [0.25, 0.3) is 11.2 Å². The summed E-state index contributed by atoms with van der Waals surface area (Å²) in [6, 6.07) is 0. The number of ether oxygens (including phenoxy) is 1. The molecule has 0 spiro atoms. The Balaban J connectivity index is 1.82. The van der Waals surface area contributed by atoms with Crippen LogP contribution < -0.4 is 11.3 Å². The normalized spacial score (nSPS) is 36.6. The molecule has 4 rings (SSSR count). The Morgan fingerprint density at radius 3 is 2.96 bits per heavy atom. The third kappa shape index (κ3) is 2.31. The Labute approximate surface area is 133 Å². The van der Waals surface area contributed by atoms with Crippen LogP contribution in [0.5, 0.6) is 0 Å². The number of nitrogens with zero attached hydrogens (tertiary/aromatic N) is 3. The second kappa shape index (κ2) is 5.05. The molecule has 5 N–H and O–H groups in total. The molecule has 0 saturated carbocycles. The lowest BCUT2D eigenvalue weighted by Crippen LogP contribution is -2.30. The number of H-pyrrole nitrogens is 1. The molecular formula is C10H12N5O6PS. The zero-order valence-electron chi connectivity index (χ0n) is 11.4. The summed E-state index contributed by atoms with van der Waals surface area (Å²) < 4.78 is 17.8. The summed E-state index contributed by atoms with van der Waals surface area (Å²) in [6.45, 7) is -3.74. The molecule has 2 aliphatic heterocycles. The molecule has 2 fully saturated rings.